The van der Waals surface area contributed by atoms with Crippen molar-refractivity contribution in [1.29, 1.82) is 0 Å². The van der Waals surface area contributed by atoms with Crippen LogP contribution in [0.3, 0.4) is 0 Å². The van der Waals surface area contributed by atoms with Crippen molar-refractivity contribution in [2.24, 2.45) is 13.0 Å². The van der Waals surface area contributed by atoms with Crippen molar-refractivity contribution < 1.29 is 13.2 Å². The molecule has 24 heavy (non-hydrogen) atoms. The van der Waals surface area contributed by atoms with E-state index in [1.807, 2.05) is 11.8 Å². The maximum absolute atomic E-state index is 13.2. The number of amides is 1. The average Bonchev–Trinajstić information content (AvgIpc) is 2.70. The molecule has 7 nitrogen and oxygen atoms in total. The Morgan fingerprint density at radius 3 is 2.50 bits per heavy atom. The lowest BCUT2D eigenvalue weighted by Gasteiger charge is -2.35. The van der Waals surface area contributed by atoms with Crippen LogP contribution < -0.4 is 0 Å². The van der Waals surface area contributed by atoms with E-state index in [1.165, 1.54) is 4.31 Å². The van der Waals surface area contributed by atoms with Gasteiger partial charge in [0.05, 0.1) is 17.3 Å². The first-order valence-corrected chi connectivity index (χ1v) is 10.0. The maximum Gasteiger partial charge on any atom is 0.246 e. The molecule has 0 aliphatic carbocycles. The van der Waals surface area contributed by atoms with Crippen molar-refractivity contribution in [2.45, 2.75) is 51.0 Å². The minimum Gasteiger partial charge on any atom is -0.338 e. The molecule has 0 N–H and O–H groups in total. The van der Waals surface area contributed by atoms with Crippen LogP contribution in [0, 0.1) is 19.8 Å². The van der Waals surface area contributed by atoms with Crippen LogP contribution in [0.5, 0.6) is 0 Å². The van der Waals surface area contributed by atoms with Gasteiger partial charge in [-0.2, -0.15) is 9.40 Å². The van der Waals surface area contributed by atoms with Crippen molar-refractivity contribution in [2.75, 3.05) is 19.6 Å². The number of hydrogen-bond acceptors (Lipinski definition) is 4. The SMILES string of the molecule is CCCN1C(=O)[C@H]2CC[C@@H]1CN(S(=O)(=O)c1c(C)nn(C)c1C)C2. The van der Waals surface area contributed by atoms with Crippen LogP contribution in [-0.4, -0.2) is 59.0 Å². The molecule has 0 saturated carbocycles. The van der Waals surface area contributed by atoms with Gasteiger partial charge < -0.3 is 4.90 Å². The standard InChI is InChI=1S/C16H26N4O3S/c1-5-8-20-14-7-6-13(16(20)21)9-19(10-14)24(22,23)15-11(2)17-18(4)12(15)3/h13-14H,5-10H2,1-4H3/t13-,14+/m0/s1. The van der Waals surface area contributed by atoms with Gasteiger partial charge in [0.25, 0.3) is 0 Å². The first kappa shape index (κ1) is 17.4. The third-order valence-corrected chi connectivity index (χ3v) is 7.35. The summed E-state index contributed by atoms with van der Waals surface area (Å²) < 4.78 is 29.6. The molecular formula is C16H26N4O3S. The molecule has 1 aromatic rings. The number of rotatable bonds is 4. The third kappa shape index (κ3) is 2.65. The van der Waals surface area contributed by atoms with Gasteiger partial charge in [-0.3, -0.25) is 9.48 Å². The van der Waals surface area contributed by atoms with E-state index >= 15 is 0 Å². The average molecular weight is 354 g/mol. The van der Waals surface area contributed by atoms with Gasteiger partial charge in [0.15, 0.2) is 0 Å². The van der Waals surface area contributed by atoms with Crippen molar-refractivity contribution in [3.05, 3.63) is 11.4 Å². The Labute approximate surface area is 143 Å². The Morgan fingerprint density at radius 2 is 1.92 bits per heavy atom. The van der Waals surface area contributed by atoms with E-state index in [4.69, 9.17) is 0 Å². The van der Waals surface area contributed by atoms with Crippen LogP contribution in [0.1, 0.15) is 37.6 Å². The van der Waals surface area contributed by atoms with Gasteiger partial charge in [-0.05, 0) is 33.1 Å². The zero-order chi connectivity index (χ0) is 17.6. The fourth-order valence-electron chi connectivity index (χ4n) is 3.99. The van der Waals surface area contributed by atoms with Gasteiger partial charge in [-0.15, -0.1) is 0 Å². The van der Waals surface area contributed by atoms with Crippen molar-refractivity contribution in [3.63, 3.8) is 0 Å². The number of carbonyl (C=O) groups is 1. The number of nitrogens with zero attached hydrogens (tertiary/aromatic N) is 4. The molecule has 3 aliphatic rings. The van der Waals surface area contributed by atoms with Crippen molar-refractivity contribution >= 4 is 15.9 Å². The minimum atomic E-state index is -3.64. The lowest BCUT2D eigenvalue weighted by molar-refractivity contribution is -0.139. The third-order valence-electron chi connectivity index (χ3n) is 5.26. The monoisotopic (exact) mass is 354 g/mol. The van der Waals surface area contributed by atoms with Gasteiger partial charge in [-0.25, -0.2) is 8.42 Å². The topological polar surface area (TPSA) is 75.5 Å². The van der Waals surface area contributed by atoms with E-state index in [-0.39, 0.29) is 24.4 Å². The number of sulfonamides is 1. The molecule has 0 unspecified atom stereocenters. The van der Waals surface area contributed by atoms with Gasteiger partial charge in [0, 0.05) is 32.7 Å². The predicted molar refractivity (Wildman–Crippen MR) is 90.0 cm³/mol. The molecule has 4 rings (SSSR count). The normalized spacial score (nSPS) is 25.3. The summed E-state index contributed by atoms with van der Waals surface area (Å²) in [6, 6.07) is -0.0109. The van der Waals surface area contributed by atoms with Crippen LogP contribution >= 0.6 is 0 Å². The summed E-state index contributed by atoms with van der Waals surface area (Å²) >= 11 is 0. The molecule has 0 spiro atoms. The summed E-state index contributed by atoms with van der Waals surface area (Å²) in [6.45, 7) is 6.92. The summed E-state index contributed by atoms with van der Waals surface area (Å²) in [4.78, 5) is 14.8. The van der Waals surface area contributed by atoms with Gasteiger partial charge in [-0.1, -0.05) is 6.92 Å². The summed E-state index contributed by atoms with van der Waals surface area (Å²) in [5.74, 6) is -0.104. The summed E-state index contributed by atoms with van der Waals surface area (Å²) in [6.07, 6.45) is 2.55. The highest BCUT2D eigenvalue weighted by atomic mass is 32.2. The Hall–Kier alpha value is -1.41. The zero-order valence-electron chi connectivity index (χ0n) is 14.8. The van der Waals surface area contributed by atoms with E-state index < -0.39 is 10.0 Å². The van der Waals surface area contributed by atoms with Crippen molar-refractivity contribution in [1.82, 2.24) is 19.0 Å². The van der Waals surface area contributed by atoms with Crippen molar-refractivity contribution in [3.8, 4) is 0 Å². The number of piperidine rings is 1. The van der Waals surface area contributed by atoms with Gasteiger partial charge >= 0.3 is 0 Å². The lowest BCUT2D eigenvalue weighted by Crippen LogP contribution is -2.48. The molecule has 2 atom stereocenters. The summed E-state index contributed by atoms with van der Waals surface area (Å²) in [5, 5.41) is 4.24. The Kier molecular flexibility index (Phi) is 4.46. The van der Waals surface area contributed by atoms with E-state index in [1.54, 1.807) is 25.6 Å². The molecule has 3 aliphatic heterocycles. The predicted octanol–water partition coefficient (Wildman–Crippen LogP) is 1.06. The fourth-order valence-corrected chi connectivity index (χ4v) is 5.91. The molecule has 3 saturated heterocycles. The number of carbonyl (C=O) groups excluding carboxylic acids is 1. The number of aryl methyl sites for hydroxylation is 2. The number of hydrogen-bond donors (Lipinski definition) is 0. The summed E-state index contributed by atoms with van der Waals surface area (Å²) in [5.41, 5.74) is 1.16. The smallest absolute Gasteiger partial charge is 0.246 e. The van der Waals surface area contributed by atoms with E-state index in [9.17, 15) is 13.2 Å². The maximum atomic E-state index is 13.2. The van der Waals surface area contributed by atoms with E-state index in [0.29, 0.717) is 29.4 Å². The highest BCUT2D eigenvalue weighted by molar-refractivity contribution is 7.89. The highest BCUT2D eigenvalue weighted by Crippen LogP contribution is 2.33. The molecule has 0 aromatic carbocycles. The molecule has 0 radical (unpaired) electrons. The van der Waals surface area contributed by atoms with Gasteiger partial charge in [0.2, 0.25) is 15.9 Å². The van der Waals surface area contributed by atoms with Crippen LogP contribution in [0.25, 0.3) is 0 Å². The largest absolute Gasteiger partial charge is 0.338 e. The first-order chi connectivity index (χ1) is 11.3. The molecule has 1 aromatic heterocycles. The van der Waals surface area contributed by atoms with Gasteiger partial charge in [0.1, 0.15) is 4.90 Å². The molecular weight excluding hydrogens is 328 g/mol. The second-order valence-corrected chi connectivity index (χ2v) is 8.78. The van der Waals surface area contributed by atoms with Crippen LogP contribution in [0.4, 0.5) is 0 Å². The second kappa shape index (κ2) is 6.15. The molecule has 4 heterocycles. The van der Waals surface area contributed by atoms with Crippen LogP contribution in [0.2, 0.25) is 0 Å². The van der Waals surface area contributed by atoms with Crippen LogP contribution in [0.15, 0.2) is 4.90 Å². The number of fused-ring (bicyclic) bond motifs is 4. The highest BCUT2D eigenvalue weighted by Gasteiger charge is 2.44. The van der Waals surface area contributed by atoms with E-state index in [0.717, 1.165) is 19.3 Å². The van der Waals surface area contributed by atoms with Crippen LogP contribution in [-0.2, 0) is 21.9 Å². The molecule has 134 valence electrons. The first-order valence-electron chi connectivity index (χ1n) is 8.58. The molecule has 1 amide bonds. The fraction of sp³-hybridized carbons (Fsp3) is 0.750. The Morgan fingerprint density at radius 1 is 1.21 bits per heavy atom. The molecule has 3 fully saturated rings. The molecule has 8 heteroatoms. The second-order valence-electron chi connectivity index (χ2n) is 6.91. The quantitative estimate of drug-likeness (QED) is 0.810. The Balaban J connectivity index is 1.97. The summed E-state index contributed by atoms with van der Waals surface area (Å²) in [7, 11) is -1.89. The Bertz CT molecular complexity index is 756. The minimum absolute atomic E-state index is 0.0109. The lowest BCUT2D eigenvalue weighted by atomic mass is 9.94. The molecule has 2 bridgehead atoms. The van der Waals surface area contributed by atoms with E-state index in [2.05, 4.69) is 5.10 Å². The number of aromatic nitrogens is 2. The zero-order valence-corrected chi connectivity index (χ0v) is 15.6.